The number of nitrogens with two attached hydrogens (primary N) is 1. The van der Waals surface area contributed by atoms with E-state index in [-0.39, 0.29) is 12.5 Å². The number of ether oxygens (including phenoxy) is 1. The summed E-state index contributed by atoms with van der Waals surface area (Å²) < 4.78 is 5.06. The van der Waals surface area contributed by atoms with Crippen LogP contribution in [0.1, 0.15) is 33.6 Å². The zero-order valence-corrected chi connectivity index (χ0v) is 11.4. The lowest BCUT2D eigenvalue weighted by molar-refractivity contribution is -0.131. The van der Waals surface area contributed by atoms with Crippen molar-refractivity contribution in [3.8, 4) is 0 Å². The van der Waals surface area contributed by atoms with Crippen LogP contribution in [0.3, 0.4) is 0 Å². The summed E-state index contributed by atoms with van der Waals surface area (Å²) in [4.78, 5) is 25.0. The highest BCUT2D eigenvalue weighted by Crippen LogP contribution is 2.09. The summed E-state index contributed by atoms with van der Waals surface area (Å²) in [5, 5.41) is 2.51. The number of rotatable bonds is 3. The third-order valence-corrected chi connectivity index (χ3v) is 2.60. The lowest BCUT2D eigenvalue weighted by Gasteiger charge is -2.22. The van der Waals surface area contributed by atoms with Gasteiger partial charge in [-0.1, -0.05) is 0 Å². The van der Waals surface area contributed by atoms with Crippen molar-refractivity contribution in [1.82, 2.24) is 10.2 Å². The van der Waals surface area contributed by atoms with E-state index < -0.39 is 17.7 Å². The Hall–Kier alpha value is -1.30. The molecule has 6 nitrogen and oxygen atoms in total. The first-order valence-corrected chi connectivity index (χ1v) is 6.31. The molecule has 2 amide bonds. The van der Waals surface area contributed by atoms with Crippen LogP contribution in [-0.4, -0.2) is 48.2 Å². The van der Waals surface area contributed by atoms with Crippen molar-refractivity contribution in [3.63, 3.8) is 0 Å². The number of alkyl carbamates (subject to hydrolysis) is 1. The van der Waals surface area contributed by atoms with Crippen molar-refractivity contribution in [1.29, 1.82) is 0 Å². The molecule has 1 aliphatic rings. The van der Waals surface area contributed by atoms with E-state index in [1.54, 1.807) is 25.7 Å². The first-order chi connectivity index (χ1) is 8.29. The number of carbonyl (C=O) groups is 2. The second-order valence-corrected chi connectivity index (χ2v) is 5.52. The Morgan fingerprint density at radius 1 is 1.33 bits per heavy atom. The Balaban J connectivity index is 2.29. The predicted octanol–water partition coefficient (Wildman–Crippen LogP) is 0.461. The zero-order chi connectivity index (χ0) is 13.8. The molecule has 3 N–H and O–H groups in total. The number of likely N-dealkylation sites (tertiary alicyclic amines) is 1. The van der Waals surface area contributed by atoms with Gasteiger partial charge in [0.25, 0.3) is 0 Å². The fourth-order valence-corrected chi connectivity index (χ4v) is 1.77. The maximum atomic E-state index is 11.9. The van der Waals surface area contributed by atoms with Crippen LogP contribution in [0.15, 0.2) is 0 Å². The maximum absolute atomic E-state index is 11.9. The third-order valence-electron chi connectivity index (χ3n) is 2.60. The molecule has 0 radical (unpaired) electrons. The van der Waals surface area contributed by atoms with Gasteiger partial charge in [0.15, 0.2) is 0 Å². The summed E-state index contributed by atoms with van der Waals surface area (Å²) in [6.45, 7) is 6.97. The number of carbonyl (C=O) groups excluding carboxylic acids is 2. The lowest BCUT2D eigenvalue weighted by Crippen LogP contribution is -2.49. The molecule has 0 aliphatic carbocycles. The van der Waals surface area contributed by atoms with Crippen molar-refractivity contribution in [3.05, 3.63) is 0 Å². The standard InChI is InChI=1S/C12H23N3O3/c1-12(2,3)18-11(17)14-8-9(13)10(16)15-6-4-5-7-15/h9H,4-8,13H2,1-3H3,(H,14,17). The fraction of sp³-hybridized carbons (Fsp3) is 0.833. The molecule has 0 aromatic rings. The summed E-state index contributed by atoms with van der Waals surface area (Å²) >= 11 is 0. The minimum absolute atomic E-state index is 0.101. The molecule has 0 saturated carbocycles. The Morgan fingerprint density at radius 3 is 2.39 bits per heavy atom. The summed E-state index contributed by atoms with van der Waals surface area (Å²) in [7, 11) is 0. The van der Waals surface area contributed by atoms with Crippen LogP contribution < -0.4 is 11.1 Å². The first-order valence-electron chi connectivity index (χ1n) is 6.31. The van der Waals surface area contributed by atoms with E-state index in [0.717, 1.165) is 25.9 Å². The molecule has 6 heteroatoms. The van der Waals surface area contributed by atoms with Crippen molar-refractivity contribution in [2.24, 2.45) is 5.73 Å². The van der Waals surface area contributed by atoms with E-state index in [2.05, 4.69) is 5.32 Å². The van der Waals surface area contributed by atoms with E-state index in [1.165, 1.54) is 0 Å². The second-order valence-electron chi connectivity index (χ2n) is 5.52. The Bertz CT molecular complexity index is 306. The molecular weight excluding hydrogens is 234 g/mol. The molecule has 1 fully saturated rings. The first kappa shape index (κ1) is 14.8. The van der Waals surface area contributed by atoms with Crippen molar-refractivity contribution in [2.75, 3.05) is 19.6 Å². The fourth-order valence-electron chi connectivity index (χ4n) is 1.77. The van der Waals surface area contributed by atoms with Gasteiger partial charge in [0.1, 0.15) is 11.6 Å². The number of nitrogens with one attached hydrogen (secondary N) is 1. The molecular formula is C12H23N3O3. The average molecular weight is 257 g/mol. The van der Waals surface area contributed by atoms with E-state index in [9.17, 15) is 9.59 Å². The van der Waals surface area contributed by atoms with Gasteiger partial charge in [-0.05, 0) is 33.6 Å². The highest BCUT2D eigenvalue weighted by atomic mass is 16.6. The number of amides is 2. The van der Waals surface area contributed by atoms with Gasteiger partial charge >= 0.3 is 6.09 Å². The summed E-state index contributed by atoms with van der Waals surface area (Å²) in [6, 6.07) is -0.699. The third kappa shape index (κ3) is 4.91. The van der Waals surface area contributed by atoms with E-state index in [4.69, 9.17) is 10.5 Å². The quantitative estimate of drug-likeness (QED) is 0.769. The largest absolute Gasteiger partial charge is 0.444 e. The van der Waals surface area contributed by atoms with Gasteiger partial charge in [-0.2, -0.15) is 0 Å². The SMILES string of the molecule is CC(C)(C)OC(=O)NCC(N)C(=O)N1CCCC1. The molecule has 1 aliphatic heterocycles. The van der Waals surface area contributed by atoms with Crippen LogP contribution in [0, 0.1) is 0 Å². The minimum Gasteiger partial charge on any atom is -0.444 e. The molecule has 104 valence electrons. The Morgan fingerprint density at radius 2 is 1.89 bits per heavy atom. The average Bonchev–Trinajstić information content (AvgIpc) is 2.75. The monoisotopic (exact) mass is 257 g/mol. The van der Waals surface area contributed by atoms with E-state index in [0.29, 0.717) is 0 Å². The summed E-state index contributed by atoms with van der Waals surface area (Å²) in [6.07, 6.45) is 1.50. The Kier molecular flexibility index (Phi) is 4.95. The minimum atomic E-state index is -0.699. The second kappa shape index (κ2) is 6.04. The molecule has 18 heavy (non-hydrogen) atoms. The molecule has 1 heterocycles. The topological polar surface area (TPSA) is 84.7 Å². The normalized spacial score (nSPS) is 17.4. The molecule has 0 aromatic carbocycles. The van der Waals surface area contributed by atoms with E-state index in [1.807, 2.05) is 0 Å². The molecule has 0 aromatic heterocycles. The lowest BCUT2D eigenvalue weighted by atomic mass is 10.2. The van der Waals surface area contributed by atoms with Crippen LogP contribution >= 0.6 is 0 Å². The highest BCUT2D eigenvalue weighted by Gasteiger charge is 2.24. The van der Waals surface area contributed by atoms with Crippen LogP contribution in [-0.2, 0) is 9.53 Å². The number of hydrogen-bond donors (Lipinski definition) is 2. The molecule has 1 saturated heterocycles. The summed E-state index contributed by atoms with van der Waals surface area (Å²) in [5.74, 6) is -0.108. The van der Waals surface area contributed by atoms with Gasteiger partial charge in [0, 0.05) is 19.6 Å². The Labute approximate surface area is 108 Å². The van der Waals surface area contributed by atoms with Crippen molar-refractivity contribution < 1.29 is 14.3 Å². The van der Waals surface area contributed by atoms with Crippen LogP contribution in [0.4, 0.5) is 4.79 Å². The molecule has 0 spiro atoms. The van der Waals surface area contributed by atoms with Crippen LogP contribution in [0.5, 0.6) is 0 Å². The van der Waals surface area contributed by atoms with Gasteiger partial charge < -0.3 is 20.7 Å². The number of hydrogen-bond acceptors (Lipinski definition) is 4. The van der Waals surface area contributed by atoms with Crippen molar-refractivity contribution in [2.45, 2.75) is 45.3 Å². The van der Waals surface area contributed by atoms with Gasteiger partial charge in [0.2, 0.25) is 5.91 Å². The smallest absolute Gasteiger partial charge is 0.407 e. The highest BCUT2D eigenvalue weighted by molar-refractivity contribution is 5.82. The van der Waals surface area contributed by atoms with Gasteiger partial charge in [-0.25, -0.2) is 4.79 Å². The van der Waals surface area contributed by atoms with Gasteiger partial charge in [0.05, 0.1) is 0 Å². The van der Waals surface area contributed by atoms with Crippen LogP contribution in [0.25, 0.3) is 0 Å². The van der Waals surface area contributed by atoms with Crippen LogP contribution in [0.2, 0.25) is 0 Å². The zero-order valence-electron chi connectivity index (χ0n) is 11.4. The number of nitrogens with zero attached hydrogens (tertiary/aromatic N) is 1. The van der Waals surface area contributed by atoms with Gasteiger partial charge in [-0.15, -0.1) is 0 Å². The van der Waals surface area contributed by atoms with E-state index >= 15 is 0 Å². The van der Waals surface area contributed by atoms with Gasteiger partial charge in [-0.3, -0.25) is 4.79 Å². The molecule has 1 rings (SSSR count). The molecule has 0 bridgehead atoms. The maximum Gasteiger partial charge on any atom is 0.407 e. The predicted molar refractivity (Wildman–Crippen MR) is 68.0 cm³/mol. The molecule has 1 atom stereocenters. The summed E-state index contributed by atoms with van der Waals surface area (Å²) in [5.41, 5.74) is 5.20. The van der Waals surface area contributed by atoms with Crippen molar-refractivity contribution >= 4 is 12.0 Å². The molecule has 1 unspecified atom stereocenters.